The van der Waals surface area contributed by atoms with E-state index in [0.717, 1.165) is 23.8 Å². The third-order valence-corrected chi connectivity index (χ3v) is 2.81. The summed E-state index contributed by atoms with van der Waals surface area (Å²) in [7, 11) is 3.34. The molecule has 90 valence electrons. The van der Waals surface area contributed by atoms with Crippen molar-refractivity contribution < 1.29 is 9.47 Å². The summed E-state index contributed by atoms with van der Waals surface area (Å²) < 4.78 is 10.5. The van der Waals surface area contributed by atoms with Crippen LogP contribution in [0.3, 0.4) is 0 Å². The van der Waals surface area contributed by atoms with Crippen molar-refractivity contribution in [3.8, 4) is 11.5 Å². The van der Waals surface area contributed by atoms with Gasteiger partial charge in [-0.1, -0.05) is 32.8 Å². The molecule has 0 aliphatic rings. The Morgan fingerprint density at radius 1 is 1.12 bits per heavy atom. The molecule has 0 radical (unpaired) electrons. The molecule has 1 unspecified atom stereocenters. The van der Waals surface area contributed by atoms with Gasteiger partial charge in [-0.25, -0.2) is 0 Å². The standard InChI is InChI=1S/C14H22O2/c1-5-6-11(2)9-12-7-8-13(15-3)14(10-12)16-4/h7-8,10-11H,5-6,9H2,1-4H3. The van der Waals surface area contributed by atoms with Crippen molar-refractivity contribution in [1.82, 2.24) is 0 Å². The Hall–Kier alpha value is -1.18. The molecule has 0 fully saturated rings. The molecule has 0 spiro atoms. The van der Waals surface area contributed by atoms with Crippen LogP contribution >= 0.6 is 0 Å². The summed E-state index contributed by atoms with van der Waals surface area (Å²) in [6.07, 6.45) is 3.62. The average Bonchev–Trinajstić information content (AvgIpc) is 2.29. The third-order valence-electron chi connectivity index (χ3n) is 2.81. The lowest BCUT2D eigenvalue weighted by molar-refractivity contribution is 0.354. The molecule has 0 aliphatic heterocycles. The highest BCUT2D eigenvalue weighted by Crippen LogP contribution is 2.28. The van der Waals surface area contributed by atoms with Gasteiger partial charge in [-0.3, -0.25) is 0 Å². The first-order chi connectivity index (χ1) is 7.71. The predicted molar refractivity (Wildman–Crippen MR) is 67.3 cm³/mol. The van der Waals surface area contributed by atoms with Crippen LogP contribution in [0.25, 0.3) is 0 Å². The van der Waals surface area contributed by atoms with Gasteiger partial charge in [0, 0.05) is 0 Å². The average molecular weight is 222 g/mol. The van der Waals surface area contributed by atoms with Crippen molar-refractivity contribution in [2.24, 2.45) is 5.92 Å². The molecule has 16 heavy (non-hydrogen) atoms. The monoisotopic (exact) mass is 222 g/mol. The van der Waals surface area contributed by atoms with Gasteiger partial charge in [0.2, 0.25) is 0 Å². The van der Waals surface area contributed by atoms with Crippen LogP contribution in [-0.4, -0.2) is 14.2 Å². The number of hydrogen-bond acceptors (Lipinski definition) is 2. The zero-order valence-corrected chi connectivity index (χ0v) is 10.7. The van der Waals surface area contributed by atoms with E-state index in [0.29, 0.717) is 0 Å². The Labute approximate surface area is 98.6 Å². The van der Waals surface area contributed by atoms with Gasteiger partial charge in [-0.2, -0.15) is 0 Å². The van der Waals surface area contributed by atoms with Crippen LogP contribution < -0.4 is 9.47 Å². The van der Waals surface area contributed by atoms with Gasteiger partial charge in [-0.15, -0.1) is 0 Å². The maximum absolute atomic E-state index is 5.29. The summed E-state index contributed by atoms with van der Waals surface area (Å²) in [5.41, 5.74) is 1.32. The Balaban J connectivity index is 2.74. The van der Waals surface area contributed by atoms with Crippen LogP contribution in [-0.2, 0) is 6.42 Å². The Morgan fingerprint density at radius 3 is 2.38 bits per heavy atom. The van der Waals surface area contributed by atoms with E-state index in [4.69, 9.17) is 9.47 Å². The zero-order chi connectivity index (χ0) is 12.0. The van der Waals surface area contributed by atoms with Gasteiger partial charge < -0.3 is 9.47 Å². The fourth-order valence-electron chi connectivity index (χ4n) is 2.00. The smallest absolute Gasteiger partial charge is 0.160 e. The van der Waals surface area contributed by atoms with Gasteiger partial charge in [0.25, 0.3) is 0 Å². The van der Waals surface area contributed by atoms with Crippen LogP contribution in [0.15, 0.2) is 18.2 Å². The van der Waals surface area contributed by atoms with E-state index in [9.17, 15) is 0 Å². The van der Waals surface area contributed by atoms with Gasteiger partial charge >= 0.3 is 0 Å². The summed E-state index contributed by atoms with van der Waals surface area (Å²) >= 11 is 0. The lowest BCUT2D eigenvalue weighted by atomic mass is 9.97. The van der Waals surface area contributed by atoms with E-state index in [1.165, 1.54) is 18.4 Å². The number of benzene rings is 1. The van der Waals surface area contributed by atoms with E-state index in [1.807, 2.05) is 6.07 Å². The number of ether oxygens (including phenoxy) is 2. The second-order valence-electron chi connectivity index (χ2n) is 4.29. The number of methoxy groups -OCH3 is 2. The molecular formula is C14H22O2. The van der Waals surface area contributed by atoms with Gasteiger partial charge in [0.15, 0.2) is 11.5 Å². The van der Waals surface area contributed by atoms with Gasteiger partial charge in [0.1, 0.15) is 0 Å². The lowest BCUT2D eigenvalue weighted by Gasteiger charge is -2.12. The second-order valence-corrected chi connectivity index (χ2v) is 4.29. The SMILES string of the molecule is CCCC(C)Cc1ccc(OC)c(OC)c1. The normalized spacial score (nSPS) is 12.2. The fourth-order valence-corrected chi connectivity index (χ4v) is 2.00. The van der Waals surface area contributed by atoms with Crippen LogP contribution in [0, 0.1) is 5.92 Å². The van der Waals surface area contributed by atoms with Crippen LogP contribution in [0.5, 0.6) is 11.5 Å². The summed E-state index contributed by atoms with van der Waals surface area (Å²) in [6.45, 7) is 4.52. The van der Waals surface area contributed by atoms with Crippen LogP contribution in [0.4, 0.5) is 0 Å². The minimum absolute atomic E-state index is 0.725. The van der Waals surface area contributed by atoms with Crippen molar-refractivity contribution in [2.75, 3.05) is 14.2 Å². The fraction of sp³-hybridized carbons (Fsp3) is 0.571. The highest BCUT2D eigenvalue weighted by Gasteiger charge is 2.07. The first-order valence-electron chi connectivity index (χ1n) is 5.92. The molecule has 0 saturated heterocycles. The van der Waals surface area contributed by atoms with E-state index < -0.39 is 0 Å². The van der Waals surface area contributed by atoms with Crippen LogP contribution in [0.2, 0.25) is 0 Å². The first kappa shape index (κ1) is 12.9. The highest BCUT2D eigenvalue weighted by molar-refractivity contribution is 5.42. The summed E-state index contributed by atoms with van der Waals surface area (Å²) in [5, 5.41) is 0. The molecule has 1 aromatic carbocycles. The Bertz CT molecular complexity index is 321. The van der Waals surface area contributed by atoms with E-state index >= 15 is 0 Å². The molecule has 0 saturated carbocycles. The van der Waals surface area contributed by atoms with Crippen molar-refractivity contribution in [1.29, 1.82) is 0 Å². The third kappa shape index (κ3) is 3.44. The quantitative estimate of drug-likeness (QED) is 0.731. The first-order valence-corrected chi connectivity index (χ1v) is 5.92. The summed E-state index contributed by atoms with van der Waals surface area (Å²) in [5.74, 6) is 2.35. The molecule has 1 rings (SSSR count). The number of hydrogen-bond donors (Lipinski definition) is 0. The van der Waals surface area contributed by atoms with Gasteiger partial charge in [0.05, 0.1) is 14.2 Å². The highest BCUT2D eigenvalue weighted by atomic mass is 16.5. The van der Waals surface area contributed by atoms with Crippen LogP contribution in [0.1, 0.15) is 32.3 Å². The van der Waals surface area contributed by atoms with Crippen molar-refractivity contribution in [3.63, 3.8) is 0 Å². The zero-order valence-electron chi connectivity index (χ0n) is 10.7. The molecule has 0 heterocycles. The summed E-state index contributed by atoms with van der Waals surface area (Å²) in [6, 6.07) is 6.17. The minimum Gasteiger partial charge on any atom is -0.493 e. The topological polar surface area (TPSA) is 18.5 Å². The molecule has 2 nitrogen and oxygen atoms in total. The van der Waals surface area contributed by atoms with E-state index in [2.05, 4.69) is 26.0 Å². The molecule has 0 aromatic heterocycles. The van der Waals surface area contributed by atoms with Crippen molar-refractivity contribution in [3.05, 3.63) is 23.8 Å². The Morgan fingerprint density at radius 2 is 1.81 bits per heavy atom. The minimum atomic E-state index is 0.725. The molecule has 0 aliphatic carbocycles. The largest absolute Gasteiger partial charge is 0.493 e. The molecule has 0 bridgehead atoms. The number of rotatable bonds is 6. The predicted octanol–water partition coefficient (Wildman–Crippen LogP) is 3.68. The maximum Gasteiger partial charge on any atom is 0.160 e. The lowest BCUT2D eigenvalue weighted by Crippen LogP contribution is -2.00. The molecule has 1 aromatic rings. The second kappa shape index (κ2) is 6.41. The maximum atomic E-state index is 5.29. The van der Waals surface area contributed by atoms with Crippen molar-refractivity contribution in [2.45, 2.75) is 33.1 Å². The van der Waals surface area contributed by atoms with E-state index in [-0.39, 0.29) is 0 Å². The summed E-state index contributed by atoms with van der Waals surface area (Å²) in [4.78, 5) is 0. The van der Waals surface area contributed by atoms with Gasteiger partial charge in [-0.05, 0) is 30.0 Å². The van der Waals surface area contributed by atoms with Crippen molar-refractivity contribution >= 4 is 0 Å². The molecule has 1 atom stereocenters. The molecule has 0 N–H and O–H groups in total. The molecular weight excluding hydrogens is 200 g/mol. The van der Waals surface area contributed by atoms with E-state index in [1.54, 1.807) is 14.2 Å². The molecule has 2 heteroatoms. The molecule has 0 amide bonds. The Kier molecular flexibility index (Phi) is 5.17.